The lowest BCUT2D eigenvalue weighted by atomic mass is 10.0. The number of hydrogen-bond acceptors (Lipinski definition) is 3. The van der Waals surface area contributed by atoms with Gasteiger partial charge in [0.05, 0.1) is 5.03 Å². The minimum absolute atomic E-state index is 0.362. The lowest BCUT2D eigenvalue weighted by Crippen LogP contribution is -2.66. The van der Waals surface area contributed by atoms with E-state index in [1.54, 1.807) is 24.3 Å². The van der Waals surface area contributed by atoms with E-state index in [-0.39, 0.29) is 5.03 Å². The molecule has 20 heavy (non-hydrogen) atoms. The summed E-state index contributed by atoms with van der Waals surface area (Å²) in [5.41, 5.74) is 2.82. The number of rotatable bonds is 4. The van der Waals surface area contributed by atoms with Gasteiger partial charge in [-0.2, -0.15) is 13.2 Å². The highest BCUT2D eigenvalue weighted by Gasteiger charge is 2.60. The molecule has 7 heteroatoms. The molecule has 3 nitrogen and oxygen atoms in total. The Labute approximate surface area is 120 Å². The topological polar surface area (TPSA) is 36.1 Å². The van der Waals surface area contributed by atoms with Gasteiger partial charge >= 0.3 is 6.18 Å². The van der Waals surface area contributed by atoms with E-state index in [0.29, 0.717) is 6.42 Å². The number of halogens is 4. The summed E-state index contributed by atoms with van der Waals surface area (Å²) in [6.45, 7) is 1.81. The van der Waals surface area contributed by atoms with E-state index in [2.05, 4.69) is 16.2 Å². The van der Waals surface area contributed by atoms with Gasteiger partial charge in [-0.05, 0) is 12.0 Å². The van der Waals surface area contributed by atoms with E-state index in [0.717, 1.165) is 11.8 Å². The first-order valence-corrected chi connectivity index (χ1v) is 6.56. The molecule has 0 aliphatic carbocycles. The molecule has 3 N–H and O–H groups in total. The zero-order valence-electron chi connectivity index (χ0n) is 10.8. The Kier molecular flexibility index (Phi) is 4.27. The maximum Gasteiger partial charge on any atom is 0.426 e. The van der Waals surface area contributed by atoms with Crippen LogP contribution in [-0.2, 0) is 0 Å². The molecule has 2 rings (SSSR count). The predicted molar refractivity (Wildman–Crippen MR) is 71.6 cm³/mol. The maximum absolute atomic E-state index is 13.4. The first-order valence-electron chi connectivity index (χ1n) is 6.19. The van der Waals surface area contributed by atoms with Crippen molar-refractivity contribution >= 4 is 11.6 Å². The summed E-state index contributed by atoms with van der Waals surface area (Å²) in [4.78, 5) is 0. The molecule has 0 spiro atoms. The van der Waals surface area contributed by atoms with Crippen LogP contribution in [0.15, 0.2) is 41.6 Å². The first kappa shape index (κ1) is 15.2. The third-order valence-electron chi connectivity index (χ3n) is 3.24. The van der Waals surface area contributed by atoms with Crippen LogP contribution >= 0.6 is 11.6 Å². The number of hydrazine groups is 1. The summed E-state index contributed by atoms with van der Waals surface area (Å²) in [5.74, 6) is 0. The Morgan fingerprint density at radius 1 is 1.30 bits per heavy atom. The highest BCUT2D eigenvalue weighted by atomic mass is 35.5. The molecule has 0 fully saturated rings. The van der Waals surface area contributed by atoms with E-state index >= 15 is 0 Å². The Morgan fingerprint density at radius 3 is 2.40 bits per heavy atom. The van der Waals surface area contributed by atoms with Crippen LogP contribution in [0.4, 0.5) is 13.2 Å². The van der Waals surface area contributed by atoms with Crippen LogP contribution in [0.1, 0.15) is 24.9 Å². The average Bonchev–Trinajstić information content (AvgIpc) is 2.79. The fourth-order valence-corrected chi connectivity index (χ4v) is 2.40. The predicted octanol–water partition coefficient (Wildman–Crippen LogP) is 3.17. The summed E-state index contributed by atoms with van der Waals surface area (Å²) in [5, 5.41) is 2.22. The van der Waals surface area contributed by atoms with Gasteiger partial charge in [-0.15, -0.1) is 0 Å². The van der Waals surface area contributed by atoms with Crippen molar-refractivity contribution in [3.8, 4) is 0 Å². The summed E-state index contributed by atoms with van der Waals surface area (Å²) < 4.78 is 40.2. The first-order chi connectivity index (χ1) is 9.40. The number of benzene rings is 1. The van der Waals surface area contributed by atoms with Gasteiger partial charge in [0.15, 0.2) is 0 Å². The minimum atomic E-state index is -4.58. The molecule has 1 heterocycles. The van der Waals surface area contributed by atoms with Crippen molar-refractivity contribution in [2.45, 2.75) is 31.2 Å². The molecule has 1 aliphatic rings. The molecule has 2 unspecified atom stereocenters. The van der Waals surface area contributed by atoms with Crippen LogP contribution in [0.3, 0.4) is 0 Å². The lowest BCUT2D eigenvalue weighted by molar-refractivity contribution is -0.194. The standard InChI is InChI=1S/C13H15ClF3N3/c1-2-10(9-6-4-3-5-7-9)19-12(13(15,16)17)11(14)8-18-20-12/h3-8,10,18-20H,2H2,1H3. The van der Waals surface area contributed by atoms with Crippen molar-refractivity contribution < 1.29 is 13.2 Å². The zero-order chi connectivity index (χ0) is 14.8. The van der Waals surface area contributed by atoms with Gasteiger partial charge in [-0.3, -0.25) is 5.32 Å². The van der Waals surface area contributed by atoms with Crippen molar-refractivity contribution in [3.05, 3.63) is 47.1 Å². The van der Waals surface area contributed by atoms with Crippen LogP contribution < -0.4 is 16.2 Å². The normalized spacial score (nSPS) is 24.1. The summed E-state index contributed by atoms with van der Waals surface area (Å²) in [6.07, 6.45) is -2.99. The largest absolute Gasteiger partial charge is 0.426 e. The van der Waals surface area contributed by atoms with Gasteiger partial charge in [0, 0.05) is 12.2 Å². The molecule has 0 radical (unpaired) electrons. The molecule has 2 atom stereocenters. The van der Waals surface area contributed by atoms with Gasteiger partial charge in [0.1, 0.15) is 0 Å². The van der Waals surface area contributed by atoms with Crippen molar-refractivity contribution in [1.82, 2.24) is 16.2 Å². The number of alkyl halides is 3. The van der Waals surface area contributed by atoms with Gasteiger partial charge in [0.25, 0.3) is 0 Å². The maximum atomic E-state index is 13.4. The molecule has 0 bridgehead atoms. The molecule has 0 saturated carbocycles. The van der Waals surface area contributed by atoms with Crippen molar-refractivity contribution in [3.63, 3.8) is 0 Å². The quantitative estimate of drug-likeness (QED) is 0.799. The molecule has 1 aromatic rings. The van der Waals surface area contributed by atoms with E-state index in [4.69, 9.17) is 11.6 Å². The smallest absolute Gasteiger partial charge is 0.325 e. The van der Waals surface area contributed by atoms with E-state index in [9.17, 15) is 13.2 Å². The van der Waals surface area contributed by atoms with Gasteiger partial charge in [-0.1, -0.05) is 48.9 Å². The Balaban J connectivity index is 2.31. The molecule has 0 amide bonds. The molecular weight excluding hydrogens is 291 g/mol. The molecule has 0 aromatic heterocycles. The second kappa shape index (κ2) is 5.63. The molecule has 1 aliphatic heterocycles. The molecule has 0 saturated heterocycles. The Morgan fingerprint density at radius 2 is 1.95 bits per heavy atom. The second-order valence-electron chi connectivity index (χ2n) is 4.53. The second-order valence-corrected chi connectivity index (χ2v) is 4.93. The van der Waals surface area contributed by atoms with Gasteiger partial charge in [0.2, 0.25) is 5.66 Å². The fourth-order valence-electron chi connectivity index (χ4n) is 2.14. The third-order valence-corrected chi connectivity index (χ3v) is 3.64. The average molecular weight is 306 g/mol. The molecule has 1 aromatic carbocycles. The van der Waals surface area contributed by atoms with Crippen molar-refractivity contribution in [2.75, 3.05) is 0 Å². The third kappa shape index (κ3) is 2.63. The fraction of sp³-hybridized carbons (Fsp3) is 0.385. The van der Waals surface area contributed by atoms with Crippen molar-refractivity contribution in [1.29, 1.82) is 0 Å². The lowest BCUT2D eigenvalue weighted by Gasteiger charge is -2.36. The Hall–Kier alpha value is -1.24. The van der Waals surface area contributed by atoms with Crippen LogP contribution in [0.2, 0.25) is 0 Å². The SMILES string of the molecule is CCC(NC1(C(F)(F)F)NNC=C1Cl)c1ccccc1. The van der Waals surface area contributed by atoms with Crippen LogP contribution in [0.25, 0.3) is 0 Å². The summed E-state index contributed by atoms with van der Waals surface area (Å²) in [6, 6.07) is 8.48. The summed E-state index contributed by atoms with van der Waals surface area (Å²) in [7, 11) is 0. The van der Waals surface area contributed by atoms with Gasteiger partial charge < -0.3 is 5.43 Å². The monoisotopic (exact) mass is 305 g/mol. The van der Waals surface area contributed by atoms with E-state index in [1.807, 2.05) is 13.0 Å². The van der Waals surface area contributed by atoms with Crippen molar-refractivity contribution in [2.24, 2.45) is 0 Å². The van der Waals surface area contributed by atoms with Crippen LogP contribution in [0.5, 0.6) is 0 Å². The minimum Gasteiger partial charge on any atom is -0.325 e. The number of nitrogens with one attached hydrogen (secondary N) is 3. The highest BCUT2D eigenvalue weighted by molar-refractivity contribution is 6.31. The van der Waals surface area contributed by atoms with Crippen LogP contribution in [-0.4, -0.2) is 11.8 Å². The van der Waals surface area contributed by atoms with Gasteiger partial charge in [-0.25, -0.2) is 5.43 Å². The van der Waals surface area contributed by atoms with E-state index < -0.39 is 17.9 Å². The number of hydrogen-bond donors (Lipinski definition) is 3. The molecule has 110 valence electrons. The van der Waals surface area contributed by atoms with E-state index in [1.165, 1.54) is 0 Å². The summed E-state index contributed by atoms with van der Waals surface area (Å²) >= 11 is 5.76. The Bertz CT molecular complexity index is 489. The van der Waals surface area contributed by atoms with Crippen LogP contribution in [0, 0.1) is 0 Å². The molecular formula is C13H15ClF3N3. The highest BCUT2D eigenvalue weighted by Crippen LogP contribution is 2.39. The zero-order valence-corrected chi connectivity index (χ0v) is 11.5.